The minimum absolute atomic E-state index is 0.644. The van der Waals surface area contributed by atoms with Gasteiger partial charge >= 0.3 is 0 Å². The molecule has 250 valence electrons. The molecule has 0 radical (unpaired) electrons. The maximum atomic E-state index is 5.21. The molecule has 0 aliphatic heterocycles. The second kappa shape index (κ2) is 12.2. The van der Waals surface area contributed by atoms with Gasteiger partial charge in [0.1, 0.15) is 0 Å². The molecule has 1 heterocycles. The second-order valence-electron chi connectivity index (χ2n) is 14.0. The number of hydrogen-bond acceptors (Lipinski definition) is 3. The van der Waals surface area contributed by atoms with Crippen molar-refractivity contribution in [1.82, 2.24) is 15.0 Å². The number of fused-ring (bicyclic) bond motifs is 2. The van der Waals surface area contributed by atoms with Gasteiger partial charge in [0.05, 0.1) is 0 Å². The highest BCUT2D eigenvalue weighted by atomic mass is 15.0. The van der Waals surface area contributed by atoms with Gasteiger partial charge in [0.15, 0.2) is 17.5 Å². The van der Waals surface area contributed by atoms with Gasteiger partial charge in [-0.1, -0.05) is 164 Å². The van der Waals surface area contributed by atoms with Gasteiger partial charge in [-0.25, -0.2) is 15.0 Å². The van der Waals surface area contributed by atoms with Gasteiger partial charge in [-0.15, -0.1) is 0 Å². The fourth-order valence-corrected chi connectivity index (χ4v) is 8.17. The summed E-state index contributed by atoms with van der Waals surface area (Å²) in [6.07, 6.45) is 0. The number of benzene rings is 10. The van der Waals surface area contributed by atoms with Crippen LogP contribution in [0.3, 0.4) is 0 Å². The summed E-state index contributed by atoms with van der Waals surface area (Å²) in [5.41, 5.74) is 7.59. The zero-order chi connectivity index (χ0) is 35.6. The molecule has 3 nitrogen and oxygen atoms in total. The predicted molar refractivity (Wildman–Crippen MR) is 226 cm³/mol. The molecule has 0 fully saturated rings. The molecule has 0 aliphatic rings. The molecule has 0 atom stereocenters. The summed E-state index contributed by atoms with van der Waals surface area (Å²) in [5, 5.41) is 12.3. The van der Waals surface area contributed by atoms with Crippen LogP contribution in [0.15, 0.2) is 188 Å². The van der Waals surface area contributed by atoms with Crippen molar-refractivity contribution in [3.05, 3.63) is 188 Å². The van der Waals surface area contributed by atoms with E-state index in [-0.39, 0.29) is 0 Å². The Labute approximate surface area is 312 Å². The van der Waals surface area contributed by atoms with E-state index in [9.17, 15) is 0 Å². The third kappa shape index (κ3) is 5.02. The molecule has 11 rings (SSSR count). The molecule has 0 aliphatic carbocycles. The molecular formula is C51H31N3. The Morgan fingerprint density at radius 3 is 1.56 bits per heavy atom. The molecule has 0 saturated carbocycles. The largest absolute Gasteiger partial charge is 0.208 e. The van der Waals surface area contributed by atoms with E-state index in [1.54, 1.807) is 0 Å². The van der Waals surface area contributed by atoms with Crippen LogP contribution in [0.25, 0.3) is 110 Å². The lowest BCUT2D eigenvalue weighted by Gasteiger charge is -2.15. The van der Waals surface area contributed by atoms with E-state index in [0.717, 1.165) is 44.0 Å². The average molecular weight is 686 g/mol. The first-order chi connectivity index (χ1) is 26.7. The number of hydrogen-bond donors (Lipinski definition) is 0. The van der Waals surface area contributed by atoms with Crippen molar-refractivity contribution in [2.45, 2.75) is 0 Å². The Morgan fingerprint density at radius 2 is 0.778 bits per heavy atom. The minimum Gasteiger partial charge on any atom is -0.208 e. The van der Waals surface area contributed by atoms with Crippen molar-refractivity contribution in [3.63, 3.8) is 0 Å². The molecule has 0 amide bonds. The molecule has 54 heavy (non-hydrogen) atoms. The summed E-state index contributed by atoms with van der Waals surface area (Å²) in [6, 6.07) is 67.1. The van der Waals surface area contributed by atoms with E-state index in [1.165, 1.54) is 48.8 Å². The van der Waals surface area contributed by atoms with Crippen molar-refractivity contribution in [1.29, 1.82) is 0 Å². The number of rotatable bonds is 5. The summed E-state index contributed by atoms with van der Waals surface area (Å²) in [5.74, 6) is 1.94. The van der Waals surface area contributed by atoms with Crippen LogP contribution in [0.5, 0.6) is 0 Å². The van der Waals surface area contributed by atoms with Crippen LogP contribution < -0.4 is 0 Å². The first-order valence-electron chi connectivity index (χ1n) is 18.3. The van der Waals surface area contributed by atoms with Crippen LogP contribution in [0.2, 0.25) is 0 Å². The molecule has 3 heteroatoms. The smallest absolute Gasteiger partial charge is 0.164 e. The van der Waals surface area contributed by atoms with E-state index in [0.29, 0.717) is 17.5 Å². The summed E-state index contributed by atoms with van der Waals surface area (Å²) < 4.78 is 0. The van der Waals surface area contributed by atoms with Gasteiger partial charge in [-0.05, 0) is 100 Å². The maximum absolute atomic E-state index is 5.21. The van der Waals surface area contributed by atoms with Gasteiger partial charge in [-0.3, -0.25) is 0 Å². The molecule has 0 spiro atoms. The summed E-state index contributed by atoms with van der Waals surface area (Å²) in [4.78, 5) is 15.4. The van der Waals surface area contributed by atoms with Gasteiger partial charge in [0.25, 0.3) is 0 Å². The second-order valence-corrected chi connectivity index (χ2v) is 14.0. The molecule has 0 unspecified atom stereocenters. The zero-order valence-electron chi connectivity index (χ0n) is 29.2. The van der Waals surface area contributed by atoms with Crippen LogP contribution >= 0.6 is 0 Å². The first kappa shape index (κ1) is 30.4. The first-order valence-corrected chi connectivity index (χ1v) is 18.3. The fourth-order valence-electron chi connectivity index (χ4n) is 8.17. The molecule has 10 aromatic carbocycles. The maximum Gasteiger partial charge on any atom is 0.164 e. The van der Waals surface area contributed by atoms with Crippen LogP contribution in [-0.4, -0.2) is 15.0 Å². The van der Waals surface area contributed by atoms with Gasteiger partial charge < -0.3 is 0 Å². The molecule has 11 aromatic rings. The van der Waals surface area contributed by atoms with Crippen molar-refractivity contribution < 1.29 is 0 Å². The van der Waals surface area contributed by atoms with E-state index >= 15 is 0 Å². The normalized spacial score (nSPS) is 11.7. The van der Waals surface area contributed by atoms with E-state index in [2.05, 4.69) is 164 Å². The summed E-state index contributed by atoms with van der Waals surface area (Å²) in [6.45, 7) is 0. The summed E-state index contributed by atoms with van der Waals surface area (Å²) >= 11 is 0. The lowest BCUT2D eigenvalue weighted by molar-refractivity contribution is 1.08. The highest BCUT2D eigenvalue weighted by Crippen LogP contribution is 2.40. The van der Waals surface area contributed by atoms with Crippen LogP contribution in [-0.2, 0) is 0 Å². The third-order valence-corrected chi connectivity index (χ3v) is 10.8. The molecule has 0 N–H and O–H groups in total. The number of nitrogens with zero attached hydrogens (tertiary/aromatic N) is 3. The van der Waals surface area contributed by atoms with E-state index in [1.807, 2.05) is 24.3 Å². The highest BCUT2D eigenvalue weighted by Gasteiger charge is 2.17. The Hall–Kier alpha value is -7.23. The average Bonchev–Trinajstić information content (AvgIpc) is 3.25. The fraction of sp³-hybridized carbons (Fsp3) is 0. The van der Waals surface area contributed by atoms with Gasteiger partial charge in [0, 0.05) is 16.7 Å². The van der Waals surface area contributed by atoms with Crippen molar-refractivity contribution in [2.24, 2.45) is 0 Å². The zero-order valence-corrected chi connectivity index (χ0v) is 29.2. The SMILES string of the molecule is c1ccc(-c2cc(-c3nc(-c4ccccc4)nc(-c4ccc5cc(-c6ccc7ccc8cccc9ccc6c7c89)ccc5c4)n3)c3ccccc3c2)cc1. The lowest BCUT2D eigenvalue weighted by atomic mass is 9.89. The Morgan fingerprint density at radius 1 is 0.241 bits per heavy atom. The topological polar surface area (TPSA) is 38.7 Å². The predicted octanol–water partition coefficient (Wildman–Crippen LogP) is 13.4. The van der Waals surface area contributed by atoms with E-state index in [4.69, 9.17) is 15.0 Å². The highest BCUT2D eigenvalue weighted by molar-refractivity contribution is 6.25. The Kier molecular flexibility index (Phi) is 6.86. The molecular weight excluding hydrogens is 655 g/mol. The Bertz CT molecular complexity index is 3190. The van der Waals surface area contributed by atoms with Crippen LogP contribution in [0.1, 0.15) is 0 Å². The van der Waals surface area contributed by atoms with Gasteiger partial charge in [-0.2, -0.15) is 0 Å². The van der Waals surface area contributed by atoms with Crippen LogP contribution in [0.4, 0.5) is 0 Å². The molecule has 1 aromatic heterocycles. The molecule has 0 bridgehead atoms. The van der Waals surface area contributed by atoms with Crippen molar-refractivity contribution in [3.8, 4) is 56.4 Å². The standard InChI is InChI=1S/C51H31N3/c1-3-10-32(11-4-1)42-30-39-14-7-8-17-43(39)46(31-42)51-53-49(36-12-5-2-6-13-36)52-50(54-51)41-23-21-37-28-40(22-20-38(37)29-41)44-26-24-35-19-18-33-15-9-16-34-25-27-45(44)48(35)47(33)34/h1-31H. The number of aromatic nitrogens is 3. The van der Waals surface area contributed by atoms with Crippen molar-refractivity contribution >= 4 is 53.9 Å². The lowest BCUT2D eigenvalue weighted by Crippen LogP contribution is -2.01. The minimum atomic E-state index is 0.644. The third-order valence-electron chi connectivity index (χ3n) is 10.8. The van der Waals surface area contributed by atoms with Crippen molar-refractivity contribution in [2.75, 3.05) is 0 Å². The quantitative estimate of drug-likeness (QED) is 0.169. The van der Waals surface area contributed by atoms with Crippen LogP contribution in [0, 0.1) is 0 Å². The Balaban J connectivity index is 1.06. The van der Waals surface area contributed by atoms with Gasteiger partial charge in [0.2, 0.25) is 0 Å². The molecule has 0 saturated heterocycles. The monoisotopic (exact) mass is 685 g/mol. The summed E-state index contributed by atoms with van der Waals surface area (Å²) in [7, 11) is 0. The van der Waals surface area contributed by atoms with E-state index < -0.39 is 0 Å².